The number of aromatic amines is 1. The number of likely N-dealkylation sites (tertiary alicyclic amines) is 1. The number of H-pyrrole nitrogens is 1. The summed E-state index contributed by atoms with van der Waals surface area (Å²) in [4.78, 5) is 44.1. The van der Waals surface area contributed by atoms with Crippen LogP contribution in [0.25, 0.3) is 5.76 Å². The molecular weight excluding hydrogens is 454 g/mol. The molecule has 0 bridgehead atoms. The number of morpholine rings is 1. The van der Waals surface area contributed by atoms with E-state index in [0.29, 0.717) is 49.0 Å². The second-order valence-corrected chi connectivity index (χ2v) is 9.00. The third-order valence-corrected chi connectivity index (χ3v) is 6.74. The van der Waals surface area contributed by atoms with Gasteiger partial charge in [0.05, 0.1) is 26.9 Å². The summed E-state index contributed by atoms with van der Waals surface area (Å²) in [5.74, 6) is -1.80. The number of aromatic nitrogens is 1. The number of rotatable bonds is 7. The van der Waals surface area contributed by atoms with E-state index in [9.17, 15) is 19.5 Å². The van der Waals surface area contributed by atoms with Gasteiger partial charge in [0.2, 0.25) is 5.78 Å². The standard InChI is InChI=1S/C25H31N3O7/c1-14-6-7-17(35-14)21-19(22(29)18-15(2)20(25(32)33-4)26-16(18)3)23(30)24(31)28(21)9-5-8-27-10-12-34-13-11-27/h6-7,21,26,29H,5,8-13H2,1-4H3/b22-19+. The fraction of sp³-hybridized carbons (Fsp3) is 0.480. The number of methoxy groups -OCH3 is 1. The summed E-state index contributed by atoms with van der Waals surface area (Å²) >= 11 is 0. The number of nitrogens with one attached hydrogen (secondary N) is 2. The van der Waals surface area contributed by atoms with Crippen LogP contribution in [-0.2, 0) is 19.1 Å². The zero-order chi connectivity index (χ0) is 25.3. The third kappa shape index (κ3) is 4.63. The Morgan fingerprint density at radius 2 is 1.94 bits per heavy atom. The first-order valence-electron chi connectivity index (χ1n) is 11.8. The summed E-state index contributed by atoms with van der Waals surface area (Å²) in [5.41, 5.74) is 0.959. The van der Waals surface area contributed by atoms with E-state index in [2.05, 4.69) is 4.98 Å². The molecule has 0 radical (unpaired) electrons. The van der Waals surface area contributed by atoms with Crippen molar-refractivity contribution in [2.24, 2.45) is 0 Å². The maximum absolute atomic E-state index is 13.8. The number of carbonyl (C=O) groups is 3. The highest BCUT2D eigenvalue weighted by Crippen LogP contribution is 2.40. The first-order chi connectivity index (χ1) is 16.7. The van der Waals surface area contributed by atoms with E-state index in [1.165, 1.54) is 16.9 Å². The predicted molar refractivity (Wildman–Crippen MR) is 122 cm³/mol. The van der Waals surface area contributed by atoms with E-state index >= 15 is 0 Å². The van der Waals surface area contributed by atoms with Crippen LogP contribution in [0.1, 0.15) is 51.3 Å². The molecule has 2 aromatic heterocycles. The zero-order valence-corrected chi connectivity index (χ0v) is 20.5. The number of aryl methyl sites for hydroxylation is 2. The van der Waals surface area contributed by atoms with Crippen molar-refractivity contribution in [3.05, 3.63) is 51.7 Å². The summed E-state index contributed by atoms with van der Waals surface area (Å²) in [6, 6.07) is 2.50. The number of quaternary nitrogens is 1. The van der Waals surface area contributed by atoms with Gasteiger partial charge in [-0.1, -0.05) is 5.76 Å². The number of nitrogens with zero attached hydrogens (tertiary/aromatic N) is 1. The van der Waals surface area contributed by atoms with Crippen LogP contribution in [0.2, 0.25) is 0 Å². The van der Waals surface area contributed by atoms with Crippen LogP contribution >= 0.6 is 0 Å². The predicted octanol–water partition coefficient (Wildman–Crippen LogP) is -0.151. The Morgan fingerprint density at radius 1 is 1.23 bits per heavy atom. The Morgan fingerprint density at radius 3 is 2.57 bits per heavy atom. The third-order valence-electron chi connectivity index (χ3n) is 6.74. The quantitative estimate of drug-likeness (QED) is 0.241. The average molecular weight is 486 g/mol. The van der Waals surface area contributed by atoms with Crippen LogP contribution in [-0.4, -0.2) is 74.0 Å². The molecule has 0 aromatic carbocycles. The highest BCUT2D eigenvalue weighted by molar-refractivity contribution is 6.46. The van der Waals surface area contributed by atoms with Crippen molar-refractivity contribution in [1.29, 1.82) is 0 Å². The van der Waals surface area contributed by atoms with Crippen LogP contribution in [0.3, 0.4) is 0 Å². The highest BCUT2D eigenvalue weighted by Gasteiger charge is 2.46. The normalized spacial score (nSPS) is 20.6. The van der Waals surface area contributed by atoms with E-state index in [-0.39, 0.29) is 16.8 Å². The number of amides is 1. The van der Waals surface area contributed by atoms with Gasteiger partial charge in [-0.2, -0.15) is 0 Å². The molecule has 1 amide bonds. The minimum Gasteiger partial charge on any atom is -0.872 e. The maximum Gasteiger partial charge on any atom is 0.354 e. The van der Waals surface area contributed by atoms with Gasteiger partial charge >= 0.3 is 5.97 Å². The van der Waals surface area contributed by atoms with E-state index in [0.717, 1.165) is 19.6 Å². The fourth-order valence-electron chi connectivity index (χ4n) is 4.94. The lowest BCUT2D eigenvalue weighted by molar-refractivity contribution is -0.908. The smallest absolute Gasteiger partial charge is 0.354 e. The molecule has 188 valence electrons. The van der Waals surface area contributed by atoms with Crippen molar-refractivity contribution in [3.8, 4) is 0 Å². The van der Waals surface area contributed by atoms with Crippen molar-refractivity contribution in [2.75, 3.05) is 46.5 Å². The minimum absolute atomic E-state index is 0.140. The molecule has 4 rings (SSSR count). The van der Waals surface area contributed by atoms with Crippen molar-refractivity contribution < 1.29 is 38.3 Å². The summed E-state index contributed by atoms with van der Waals surface area (Å²) in [6.07, 6.45) is 0.667. The van der Waals surface area contributed by atoms with Crippen molar-refractivity contribution >= 4 is 23.4 Å². The van der Waals surface area contributed by atoms with Crippen LogP contribution in [0.4, 0.5) is 0 Å². The number of esters is 1. The zero-order valence-electron chi connectivity index (χ0n) is 20.5. The molecule has 1 unspecified atom stereocenters. The molecule has 0 aliphatic carbocycles. The van der Waals surface area contributed by atoms with Gasteiger partial charge in [-0.3, -0.25) is 9.59 Å². The first kappa shape index (κ1) is 24.7. The molecule has 0 saturated carbocycles. The van der Waals surface area contributed by atoms with E-state index in [1.54, 1.807) is 32.9 Å². The van der Waals surface area contributed by atoms with Gasteiger partial charge in [0, 0.05) is 24.2 Å². The van der Waals surface area contributed by atoms with Crippen LogP contribution in [0.15, 0.2) is 22.1 Å². The Bertz CT molecular complexity index is 1170. The number of furan rings is 1. The van der Waals surface area contributed by atoms with E-state index < -0.39 is 29.5 Å². The van der Waals surface area contributed by atoms with Crippen molar-refractivity contribution in [3.63, 3.8) is 0 Å². The van der Waals surface area contributed by atoms with Gasteiger partial charge in [0.1, 0.15) is 36.3 Å². The molecule has 0 spiro atoms. The molecule has 35 heavy (non-hydrogen) atoms. The SMILES string of the molecule is COC(=O)c1[nH]c(C)c(/C([O-])=C2\C(=O)C(=O)N(CCC[NH+]3CCOCC3)C2c2ccc(C)o2)c1C. The monoisotopic (exact) mass is 485 g/mol. The topological polar surface area (TPSA) is 129 Å². The number of Topliss-reactive ketones (excluding diaryl/α,β-unsaturated/α-hetero) is 1. The summed E-state index contributed by atoms with van der Waals surface area (Å²) in [6.45, 7) is 9.38. The van der Waals surface area contributed by atoms with E-state index in [4.69, 9.17) is 13.9 Å². The fourth-order valence-corrected chi connectivity index (χ4v) is 4.94. The molecular formula is C25H31N3O7. The maximum atomic E-state index is 13.8. The summed E-state index contributed by atoms with van der Waals surface area (Å²) in [7, 11) is 1.25. The molecule has 4 heterocycles. The molecule has 2 saturated heterocycles. The number of hydrogen-bond acceptors (Lipinski definition) is 7. The lowest BCUT2D eigenvalue weighted by Crippen LogP contribution is -3.14. The second-order valence-electron chi connectivity index (χ2n) is 9.00. The van der Waals surface area contributed by atoms with Gasteiger partial charge in [0.15, 0.2) is 0 Å². The number of carbonyl (C=O) groups excluding carboxylic acids is 3. The largest absolute Gasteiger partial charge is 0.872 e. The lowest BCUT2D eigenvalue weighted by atomic mass is 9.97. The minimum atomic E-state index is -0.925. The number of ketones is 1. The van der Waals surface area contributed by atoms with Gasteiger partial charge in [-0.05, 0) is 44.0 Å². The summed E-state index contributed by atoms with van der Waals surface area (Å²) < 4.78 is 16.0. The first-order valence-corrected chi connectivity index (χ1v) is 11.8. The highest BCUT2D eigenvalue weighted by atomic mass is 16.5. The molecule has 10 heteroatoms. The van der Waals surface area contributed by atoms with Crippen LogP contribution in [0.5, 0.6) is 0 Å². The lowest BCUT2D eigenvalue weighted by Gasteiger charge is -2.27. The molecule has 2 N–H and O–H groups in total. The van der Waals surface area contributed by atoms with Gasteiger partial charge in [0.25, 0.3) is 5.91 Å². The Hall–Kier alpha value is -3.37. The number of ether oxygens (including phenoxy) is 2. The van der Waals surface area contributed by atoms with Gasteiger partial charge in [-0.25, -0.2) is 4.79 Å². The van der Waals surface area contributed by atoms with Gasteiger partial charge < -0.3 is 33.8 Å². The van der Waals surface area contributed by atoms with Crippen molar-refractivity contribution in [2.45, 2.75) is 33.2 Å². The molecule has 2 aromatic rings. The molecule has 2 aliphatic rings. The number of hydrogen-bond donors (Lipinski definition) is 2. The molecule has 10 nitrogen and oxygen atoms in total. The molecule has 2 aliphatic heterocycles. The van der Waals surface area contributed by atoms with Gasteiger partial charge in [-0.15, -0.1) is 0 Å². The molecule has 2 fully saturated rings. The molecule has 1 atom stereocenters. The average Bonchev–Trinajstić information content (AvgIpc) is 3.48. The summed E-state index contributed by atoms with van der Waals surface area (Å²) in [5, 5.41) is 13.8. The Balaban J connectivity index is 1.72. The Kier molecular flexibility index (Phi) is 7.13. The van der Waals surface area contributed by atoms with Crippen LogP contribution in [0, 0.1) is 20.8 Å². The van der Waals surface area contributed by atoms with Crippen molar-refractivity contribution in [1.82, 2.24) is 9.88 Å². The second kappa shape index (κ2) is 10.1. The van der Waals surface area contributed by atoms with E-state index in [1.807, 2.05) is 0 Å². The Labute approximate surface area is 203 Å². The van der Waals surface area contributed by atoms with Crippen LogP contribution < -0.4 is 10.0 Å².